The van der Waals surface area contributed by atoms with E-state index in [9.17, 15) is 5.11 Å². The van der Waals surface area contributed by atoms with E-state index >= 15 is 0 Å². The van der Waals surface area contributed by atoms with Gasteiger partial charge in [-0.05, 0) is 82.5 Å². The molecule has 0 aromatic carbocycles. The number of rotatable bonds is 2. The van der Waals surface area contributed by atoms with Crippen LogP contribution in [0, 0.1) is 29.6 Å². The van der Waals surface area contributed by atoms with Crippen LogP contribution in [0.4, 0.5) is 0 Å². The molecule has 1 atom stereocenters. The molecule has 98 valence electrons. The minimum atomic E-state index is -0.713. The second-order valence-corrected chi connectivity index (χ2v) is 7.83. The second kappa shape index (κ2) is 3.48. The Morgan fingerprint density at radius 1 is 0.882 bits per heavy atom. The summed E-state index contributed by atoms with van der Waals surface area (Å²) in [5.41, 5.74) is 5.04. The van der Waals surface area contributed by atoms with Crippen LogP contribution in [0.15, 0.2) is 0 Å². The molecule has 4 saturated carbocycles. The van der Waals surface area contributed by atoms with Crippen molar-refractivity contribution in [3.63, 3.8) is 0 Å². The highest BCUT2D eigenvalue weighted by Crippen LogP contribution is 2.60. The fourth-order valence-corrected chi connectivity index (χ4v) is 5.27. The predicted molar refractivity (Wildman–Crippen MR) is 69.4 cm³/mol. The van der Waals surface area contributed by atoms with E-state index in [0.717, 1.165) is 23.7 Å². The van der Waals surface area contributed by atoms with Crippen LogP contribution in [0.3, 0.4) is 0 Å². The number of aliphatic hydroxyl groups is 1. The minimum absolute atomic E-state index is 0.440. The maximum atomic E-state index is 11.0. The molecule has 0 amide bonds. The molecule has 0 aliphatic heterocycles. The summed E-state index contributed by atoms with van der Waals surface area (Å²) in [6.45, 7) is 5.95. The highest BCUT2D eigenvalue weighted by atomic mass is 16.3. The van der Waals surface area contributed by atoms with E-state index in [1.807, 2.05) is 20.8 Å². The minimum Gasteiger partial charge on any atom is -0.388 e. The molecule has 0 aromatic heterocycles. The topological polar surface area (TPSA) is 46.2 Å². The molecule has 0 heterocycles. The normalized spacial score (nSPS) is 48.2. The van der Waals surface area contributed by atoms with Crippen molar-refractivity contribution in [2.24, 2.45) is 35.3 Å². The molecule has 3 N–H and O–H groups in total. The largest absolute Gasteiger partial charge is 0.388 e. The Labute approximate surface area is 105 Å². The Morgan fingerprint density at radius 3 is 1.65 bits per heavy atom. The van der Waals surface area contributed by atoms with Crippen LogP contribution in [0.5, 0.6) is 0 Å². The zero-order valence-corrected chi connectivity index (χ0v) is 11.4. The summed E-state index contributed by atoms with van der Waals surface area (Å²) in [4.78, 5) is 0. The van der Waals surface area contributed by atoms with E-state index < -0.39 is 11.1 Å². The van der Waals surface area contributed by atoms with Crippen LogP contribution < -0.4 is 5.73 Å². The maximum absolute atomic E-state index is 11.0. The number of hydrogen-bond acceptors (Lipinski definition) is 2. The van der Waals surface area contributed by atoms with Crippen LogP contribution in [-0.2, 0) is 0 Å². The van der Waals surface area contributed by atoms with Crippen molar-refractivity contribution in [1.82, 2.24) is 0 Å². The van der Waals surface area contributed by atoms with Crippen molar-refractivity contribution in [1.29, 1.82) is 0 Å². The molecule has 2 heteroatoms. The van der Waals surface area contributed by atoms with Crippen LogP contribution in [-0.4, -0.2) is 16.2 Å². The fourth-order valence-electron chi connectivity index (χ4n) is 5.27. The van der Waals surface area contributed by atoms with Crippen molar-refractivity contribution in [2.75, 3.05) is 0 Å². The molecule has 4 fully saturated rings. The van der Waals surface area contributed by atoms with Gasteiger partial charge in [0.15, 0.2) is 0 Å². The molecular weight excluding hydrogens is 210 g/mol. The average Bonchev–Trinajstić information content (AvgIpc) is 2.12. The lowest BCUT2D eigenvalue weighted by Gasteiger charge is -2.60. The van der Waals surface area contributed by atoms with Gasteiger partial charge < -0.3 is 10.8 Å². The summed E-state index contributed by atoms with van der Waals surface area (Å²) < 4.78 is 0. The van der Waals surface area contributed by atoms with Gasteiger partial charge >= 0.3 is 0 Å². The predicted octanol–water partition coefficient (Wildman–Crippen LogP) is 2.55. The molecular formula is C15H27NO. The van der Waals surface area contributed by atoms with Crippen LogP contribution in [0.2, 0.25) is 0 Å². The molecule has 0 saturated heterocycles. The van der Waals surface area contributed by atoms with E-state index in [0.29, 0.717) is 5.92 Å². The van der Waals surface area contributed by atoms with Gasteiger partial charge in [0.2, 0.25) is 0 Å². The Hall–Kier alpha value is -0.0800. The first-order valence-electron chi connectivity index (χ1n) is 7.30. The molecule has 4 bridgehead atoms. The highest BCUT2D eigenvalue weighted by molar-refractivity contribution is 5.09. The van der Waals surface area contributed by atoms with Gasteiger partial charge in [-0.2, -0.15) is 0 Å². The first-order valence-corrected chi connectivity index (χ1v) is 7.30. The van der Waals surface area contributed by atoms with Gasteiger partial charge in [-0.25, -0.2) is 0 Å². The Kier molecular flexibility index (Phi) is 2.45. The third-order valence-corrected chi connectivity index (χ3v) is 6.18. The second-order valence-electron chi connectivity index (χ2n) is 7.83. The van der Waals surface area contributed by atoms with E-state index in [2.05, 4.69) is 0 Å². The fraction of sp³-hybridized carbons (Fsp3) is 1.00. The van der Waals surface area contributed by atoms with Gasteiger partial charge in [-0.3, -0.25) is 0 Å². The third-order valence-electron chi connectivity index (χ3n) is 6.18. The highest BCUT2D eigenvalue weighted by Gasteiger charge is 2.56. The zero-order valence-electron chi connectivity index (χ0n) is 11.4. The molecule has 4 aliphatic rings. The Bertz CT molecular complexity index is 287. The van der Waals surface area contributed by atoms with E-state index in [1.54, 1.807) is 0 Å². The molecule has 0 radical (unpaired) electrons. The summed E-state index contributed by atoms with van der Waals surface area (Å²) in [7, 11) is 0. The molecule has 4 rings (SSSR count). The maximum Gasteiger partial charge on any atom is 0.0826 e. The van der Waals surface area contributed by atoms with Gasteiger partial charge in [-0.1, -0.05) is 0 Å². The van der Waals surface area contributed by atoms with Gasteiger partial charge in [0.25, 0.3) is 0 Å². The third kappa shape index (κ3) is 1.67. The molecule has 0 aromatic rings. The quantitative estimate of drug-likeness (QED) is 0.775. The Morgan fingerprint density at radius 2 is 1.29 bits per heavy atom. The smallest absolute Gasteiger partial charge is 0.0826 e. The summed E-state index contributed by atoms with van der Waals surface area (Å²) in [5.74, 6) is 3.85. The van der Waals surface area contributed by atoms with Crippen molar-refractivity contribution >= 4 is 0 Å². The Balaban J connectivity index is 1.89. The van der Waals surface area contributed by atoms with Crippen LogP contribution in [0.25, 0.3) is 0 Å². The van der Waals surface area contributed by atoms with Crippen molar-refractivity contribution < 1.29 is 5.11 Å². The number of hydrogen-bond donors (Lipinski definition) is 2. The SMILES string of the molecule is CC(C)(N)C(C)(O)C1C2CC3CC(C2)CC1C3. The average molecular weight is 237 g/mol. The molecule has 1 unspecified atom stereocenters. The summed E-state index contributed by atoms with van der Waals surface area (Å²) in [6.07, 6.45) is 6.87. The lowest BCUT2D eigenvalue weighted by Crippen LogP contribution is -2.65. The van der Waals surface area contributed by atoms with Crippen molar-refractivity contribution in [3.8, 4) is 0 Å². The molecule has 4 aliphatic carbocycles. The first kappa shape index (κ1) is 12.0. The lowest BCUT2D eigenvalue weighted by atomic mass is 9.47. The lowest BCUT2D eigenvalue weighted by molar-refractivity contribution is -0.159. The van der Waals surface area contributed by atoms with Gasteiger partial charge in [-0.15, -0.1) is 0 Å². The van der Waals surface area contributed by atoms with E-state index in [4.69, 9.17) is 5.73 Å². The van der Waals surface area contributed by atoms with Gasteiger partial charge in [0, 0.05) is 5.54 Å². The first-order chi connectivity index (χ1) is 7.79. The molecule has 2 nitrogen and oxygen atoms in total. The van der Waals surface area contributed by atoms with Gasteiger partial charge in [0.05, 0.1) is 5.60 Å². The van der Waals surface area contributed by atoms with Crippen LogP contribution >= 0.6 is 0 Å². The monoisotopic (exact) mass is 237 g/mol. The summed E-state index contributed by atoms with van der Waals surface area (Å²) in [6, 6.07) is 0. The number of nitrogens with two attached hydrogens (primary N) is 1. The van der Waals surface area contributed by atoms with Crippen LogP contribution in [0.1, 0.15) is 52.9 Å². The zero-order chi connectivity index (χ0) is 12.4. The summed E-state index contributed by atoms with van der Waals surface area (Å²) in [5, 5.41) is 11.0. The van der Waals surface area contributed by atoms with E-state index in [-0.39, 0.29) is 0 Å². The molecule has 0 spiro atoms. The van der Waals surface area contributed by atoms with Crippen molar-refractivity contribution in [2.45, 2.75) is 64.0 Å². The standard InChI is InChI=1S/C15H27NO/c1-14(2,16)15(3,17)13-11-5-9-4-10(7-11)8-12(13)6-9/h9-13,17H,4-8,16H2,1-3H3. The summed E-state index contributed by atoms with van der Waals surface area (Å²) >= 11 is 0. The van der Waals surface area contributed by atoms with Crippen molar-refractivity contribution in [3.05, 3.63) is 0 Å². The molecule has 17 heavy (non-hydrogen) atoms. The van der Waals surface area contributed by atoms with Gasteiger partial charge in [0.1, 0.15) is 0 Å². The van der Waals surface area contributed by atoms with E-state index in [1.165, 1.54) is 32.1 Å².